The number of halogens is 2. The number of hydrogen-bond donors (Lipinski definition) is 0. The van der Waals surface area contributed by atoms with Gasteiger partial charge in [-0.15, -0.1) is 0 Å². The second-order valence-electron chi connectivity index (χ2n) is 2.19. The van der Waals surface area contributed by atoms with Crippen LogP contribution in [-0.2, 0) is 5.33 Å². The van der Waals surface area contributed by atoms with E-state index in [9.17, 15) is 0 Å². The van der Waals surface area contributed by atoms with Gasteiger partial charge in [-0.25, -0.2) is 0 Å². The van der Waals surface area contributed by atoms with Crippen LogP contribution < -0.4 is 0 Å². The van der Waals surface area contributed by atoms with E-state index in [0.717, 1.165) is 15.4 Å². The summed E-state index contributed by atoms with van der Waals surface area (Å²) in [7, 11) is 0. The third-order valence-electron chi connectivity index (χ3n) is 1.46. The first-order valence-electron chi connectivity index (χ1n) is 3.24. The van der Waals surface area contributed by atoms with Crippen LogP contribution in [0.1, 0.15) is 11.1 Å². The van der Waals surface area contributed by atoms with Crippen LogP contribution in [0.25, 0.3) is 6.08 Å². The van der Waals surface area contributed by atoms with Crippen LogP contribution in [0.5, 0.6) is 0 Å². The number of alkyl halides is 1. The van der Waals surface area contributed by atoms with Crippen LogP contribution in [0.2, 0.25) is 0 Å². The molecule has 0 amide bonds. The van der Waals surface area contributed by atoms with E-state index in [4.69, 9.17) is 0 Å². The van der Waals surface area contributed by atoms with Gasteiger partial charge in [0.25, 0.3) is 0 Å². The molecule has 0 spiro atoms. The van der Waals surface area contributed by atoms with Crippen molar-refractivity contribution < 1.29 is 0 Å². The summed E-state index contributed by atoms with van der Waals surface area (Å²) in [5, 5.41) is 0.880. The topological polar surface area (TPSA) is 0 Å². The fraction of sp³-hybridized carbons (Fsp3) is 0.111. The smallest absolute Gasteiger partial charge is 0.0294 e. The van der Waals surface area contributed by atoms with Crippen molar-refractivity contribution in [2.45, 2.75) is 5.33 Å². The van der Waals surface area contributed by atoms with Crippen LogP contribution in [-0.4, -0.2) is 0 Å². The first-order chi connectivity index (χ1) is 5.27. The summed E-state index contributed by atoms with van der Waals surface area (Å²) >= 11 is 6.87. The summed E-state index contributed by atoms with van der Waals surface area (Å²) in [5.41, 5.74) is 2.40. The molecule has 1 aromatic carbocycles. The van der Waals surface area contributed by atoms with Crippen LogP contribution in [0.4, 0.5) is 0 Å². The second kappa shape index (κ2) is 4.07. The number of rotatable bonds is 2. The lowest BCUT2D eigenvalue weighted by Crippen LogP contribution is -1.80. The highest BCUT2D eigenvalue weighted by atomic mass is 79.9. The zero-order valence-electron chi connectivity index (χ0n) is 5.98. The van der Waals surface area contributed by atoms with Crippen LogP contribution >= 0.6 is 31.9 Å². The van der Waals surface area contributed by atoms with Gasteiger partial charge in [0.15, 0.2) is 0 Å². The standard InChI is InChI=1S/C9H8Br2/c1-2-7-3-4-8(6-10)9(11)5-7/h2-5H,1,6H2. The highest BCUT2D eigenvalue weighted by Gasteiger charge is 1.96. The molecule has 0 fully saturated rings. The molecular weight excluding hydrogens is 268 g/mol. The summed E-state index contributed by atoms with van der Waals surface area (Å²) in [6.07, 6.45) is 1.84. The van der Waals surface area contributed by atoms with E-state index in [1.165, 1.54) is 5.56 Å². The second-order valence-corrected chi connectivity index (χ2v) is 3.60. The Morgan fingerprint density at radius 1 is 1.45 bits per heavy atom. The zero-order chi connectivity index (χ0) is 8.27. The van der Waals surface area contributed by atoms with Crippen molar-refractivity contribution >= 4 is 37.9 Å². The number of hydrogen-bond acceptors (Lipinski definition) is 0. The Kier molecular flexibility index (Phi) is 3.34. The maximum Gasteiger partial charge on any atom is 0.0294 e. The van der Waals surface area contributed by atoms with Crippen molar-refractivity contribution in [1.29, 1.82) is 0 Å². The first-order valence-corrected chi connectivity index (χ1v) is 5.16. The van der Waals surface area contributed by atoms with E-state index in [2.05, 4.69) is 50.6 Å². The Morgan fingerprint density at radius 3 is 2.64 bits per heavy atom. The van der Waals surface area contributed by atoms with E-state index >= 15 is 0 Å². The SMILES string of the molecule is C=Cc1ccc(CBr)c(Br)c1. The lowest BCUT2D eigenvalue weighted by molar-refractivity contribution is 1.39. The van der Waals surface area contributed by atoms with Crippen molar-refractivity contribution in [3.63, 3.8) is 0 Å². The van der Waals surface area contributed by atoms with Gasteiger partial charge >= 0.3 is 0 Å². The van der Waals surface area contributed by atoms with Crippen molar-refractivity contribution in [3.8, 4) is 0 Å². The minimum Gasteiger partial charge on any atom is -0.0985 e. The monoisotopic (exact) mass is 274 g/mol. The van der Waals surface area contributed by atoms with Crippen molar-refractivity contribution in [1.82, 2.24) is 0 Å². The van der Waals surface area contributed by atoms with E-state index in [0.29, 0.717) is 0 Å². The lowest BCUT2D eigenvalue weighted by atomic mass is 10.1. The molecule has 0 N–H and O–H groups in total. The van der Waals surface area contributed by atoms with E-state index in [1.807, 2.05) is 12.1 Å². The van der Waals surface area contributed by atoms with Gasteiger partial charge in [-0.2, -0.15) is 0 Å². The van der Waals surface area contributed by atoms with Crippen molar-refractivity contribution in [3.05, 3.63) is 40.4 Å². The third kappa shape index (κ3) is 2.17. The average Bonchev–Trinajstić information content (AvgIpc) is 2.04. The molecular formula is C9H8Br2. The third-order valence-corrected chi connectivity index (χ3v) is 2.80. The van der Waals surface area contributed by atoms with Crippen molar-refractivity contribution in [2.24, 2.45) is 0 Å². The van der Waals surface area contributed by atoms with Gasteiger partial charge in [0.2, 0.25) is 0 Å². The molecule has 11 heavy (non-hydrogen) atoms. The molecule has 58 valence electrons. The normalized spacial score (nSPS) is 9.64. The first kappa shape index (κ1) is 9.01. The molecule has 1 aromatic rings. The fourth-order valence-corrected chi connectivity index (χ4v) is 2.20. The Labute approximate surface area is 83.6 Å². The highest BCUT2D eigenvalue weighted by Crippen LogP contribution is 2.21. The molecule has 0 unspecified atom stereocenters. The molecule has 0 bridgehead atoms. The van der Waals surface area contributed by atoms with E-state index in [-0.39, 0.29) is 0 Å². The van der Waals surface area contributed by atoms with Gasteiger partial charge in [0.1, 0.15) is 0 Å². The molecule has 0 atom stereocenters. The highest BCUT2D eigenvalue weighted by molar-refractivity contribution is 9.10. The lowest BCUT2D eigenvalue weighted by Gasteiger charge is -2.00. The predicted molar refractivity (Wildman–Crippen MR) is 56.9 cm³/mol. The summed E-state index contributed by atoms with van der Waals surface area (Å²) in [5.74, 6) is 0. The molecule has 0 aromatic heterocycles. The van der Waals surface area contributed by atoms with E-state index in [1.54, 1.807) is 0 Å². The van der Waals surface area contributed by atoms with Gasteiger partial charge in [0.05, 0.1) is 0 Å². The molecule has 0 radical (unpaired) electrons. The molecule has 0 aliphatic carbocycles. The minimum atomic E-state index is 0.880. The predicted octanol–water partition coefficient (Wildman–Crippen LogP) is 3.99. The Balaban J connectivity index is 3.09. The maximum atomic E-state index is 3.69. The van der Waals surface area contributed by atoms with Crippen LogP contribution in [0.3, 0.4) is 0 Å². The molecule has 0 saturated carbocycles. The zero-order valence-corrected chi connectivity index (χ0v) is 9.15. The Hall–Kier alpha value is -0.0800. The summed E-state index contributed by atoms with van der Waals surface area (Å²) < 4.78 is 1.13. The molecule has 0 aliphatic rings. The molecule has 0 heterocycles. The molecule has 2 heteroatoms. The quantitative estimate of drug-likeness (QED) is 0.716. The molecule has 0 saturated heterocycles. The van der Waals surface area contributed by atoms with Gasteiger partial charge in [-0.3, -0.25) is 0 Å². The van der Waals surface area contributed by atoms with Gasteiger partial charge in [-0.1, -0.05) is 56.6 Å². The summed E-state index contributed by atoms with van der Waals surface area (Å²) in [4.78, 5) is 0. The maximum absolute atomic E-state index is 3.69. The fourth-order valence-electron chi connectivity index (χ4n) is 0.799. The van der Waals surface area contributed by atoms with Gasteiger partial charge in [-0.05, 0) is 17.2 Å². The summed E-state index contributed by atoms with van der Waals surface area (Å²) in [6, 6.07) is 6.19. The summed E-state index contributed by atoms with van der Waals surface area (Å²) in [6.45, 7) is 3.69. The Bertz CT molecular complexity index is 266. The molecule has 0 aliphatic heterocycles. The minimum absolute atomic E-state index is 0.880. The van der Waals surface area contributed by atoms with Gasteiger partial charge in [0, 0.05) is 9.80 Å². The van der Waals surface area contributed by atoms with Gasteiger partial charge < -0.3 is 0 Å². The Morgan fingerprint density at radius 2 is 2.18 bits per heavy atom. The molecule has 1 rings (SSSR count). The number of benzene rings is 1. The van der Waals surface area contributed by atoms with Crippen LogP contribution in [0, 0.1) is 0 Å². The largest absolute Gasteiger partial charge is 0.0985 e. The van der Waals surface area contributed by atoms with Crippen LogP contribution in [0.15, 0.2) is 29.3 Å². The van der Waals surface area contributed by atoms with Crippen molar-refractivity contribution in [2.75, 3.05) is 0 Å². The molecule has 0 nitrogen and oxygen atoms in total. The van der Waals surface area contributed by atoms with E-state index < -0.39 is 0 Å². The average molecular weight is 276 g/mol.